The molecule has 84 valence electrons. The van der Waals surface area contributed by atoms with E-state index in [1.54, 1.807) is 0 Å². The van der Waals surface area contributed by atoms with Gasteiger partial charge in [0, 0.05) is 14.2 Å². The van der Waals surface area contributed by atoms with Crippen molar-refractivity contribution in [3.05, 3.63) is 0 Å². The predicted molar refractivity (Wildman–Crippen MR) is 42.1 cm³/mol. The summed E-state index contributed by atoms with van der Waals surface area (Å²) in [6.07, 6.45) is -4.94. The molecular formula is C6H10F3O4P. The van der Waals surface area contributed by atoms with Crippen molar-refractivity contribution in [2.45, 2.75) is 18.8 Å². The summed E-state index contributed by atoms with van der Waals surface area (Å²) < 4.78 is 56.5. The minimum Gasteiger partial charge on any atom is -0.311 e. The fraction of sp³-hybridized carbons (Fsp3) is 0.833. The maximum atomic E-state index is 12.3. The zero-order valence-electron chi connectivity index (χ0n) is 7.79. The van der Waals surface area contributed by atoms with Crippen molar-refractivity contribution in [2.75, 3.05) is 14.2 Å². The van der Waals surface area contributed by atoms with Crippen molar-refractivity contribution in [3.8, 4) is 0 Å². The molecule has 0 aromatic heterocycles. The van der Waals surface area contributed by atoms with E-state index >= 15 is 0 Å². The molecule has 4 nitrogen and oxygen atoms in total. The van der Waals surface area contributed by atoms with Gasteiger partial charge in [0.1, 0.15) is 0 Å². The minimum absolute atomic E-state index is 0.683. The van der Waals surface area contributed by atoms with Crippen LogP contribution in [-0.4, -0.2) is 31.8 Å². The highest BCUT2D eigenvalue weighted by molar-refractivity contribution is 7.55. The van der Waals surface area contributed by atoms with Gasteiger partial charge in [-0.1, -0.05) is 0 Å². The number of hydrogen-bond acceptors (Lipinski definition) is 4. The Morgan fingerprint density at radius 3 is 1.71 bits per heavy atom. The minimum atomic E-state index is -4.94. The number of halogens is 3. The zero-order chi connectivity index (χ0) is 11.6. The number of carbonyl (C=O) groups excluding carboxylic acids is 1. The van der Waals surface area contributed by atoms with E-state index in [9.17, 15) is 22.5 Å². The smallest absolute Gasteiger partial charge is 0.311 e. The molecule has 0 saturated carbocycles. The van der Waals surface area contributed by atoms with Crippen molar-refractivity contribution in [3.63, 3.8) is 0 Å². The molecule has 0 aromatic rings. The Kier molecular flexibility index (Phi) is 4.30. The first-order chi connectivity index (χ1) is 6.19. The van der Waals surface area contributed by atoms with Crippen LogP contribution in [0.3, 0.4) is 0 Å². The average molecular weight is 234 g/mol. The molecule has 1 unspecified atom stereocenters. The molecule has 1 atom stereocenters. The Labute approximate surface area is 78.9 Å². The van der Waals surface area contributed by atoms with E-state index in [0.717, 1.165) is 14.2 Å². The topological polar surface area (TPSA) is 52.6 Å². The lowest BCUT2D eigenvalue weighted by Crippen LogP contribution is -2.35. The standard InChI is InChI=1S/C6H10F3O4P/c1-4(10)5(6(7,8)9)14(11,12-2)13-3/h5H,1-3H3. The third-order valence-electron chi connectivity index (χ3n) is 1.52. The van der Waals surface area contributed by atoms with Crippen LogP contribution < -0.4 is 0 Å². The summed E-state index contributed by atoms with van der Waals surface area (Å²) in [7, 11) is -2.85. The van der Waals surface area contributed by atoms with E-state index in [1.165, 1.54) is 0 Å². The lowest BCUT2D eigenvalue weighted by atomic mass is 10.3. The Morgan fingerprint density at radius 1 is 1.29 bits per heavy atom. The zero-order valence-corrected chi connectivity index (χ0v) is 8.69. The van der Waals surface area contributed by atoms with Gasteiger partial charge < -0.3 is 9.05 Å². The molecule has 0 aliphatic carbocycles. The van der Waals surface area contributed by atoms with E-state index < -0.39 is 25.2 Å². The van der Waals surface area contributed by atoms with Gasteiger partial charge >= 0.3 is 13.8 Å². The molecule has 0 amide bonds. The summed E-state index contributed by atoms with van der Waals surface area (Å²) in [5.74, 6) is -1.30. The van der Waals surface area contributed by atoms with Gasteiger partial charge in [-0.2, -0.15) is 13.2 Å². The molecular weight excluding hydrogens is 224 g/mol. The summed E-state index contributed by atoms with van der Waals surface area (Å²) >= 11 is 0. The van der Waals surface area contributed by atoms with Crippen LogP contribution >= 0.6 is 7.60 Å². The second-order valence-corrected chi connectivity index (χ2v) is 4.79. The molecule has 0 spiro atoms. The van der Waals surface area contributed by atoms with Gasteiger partial charge in [0.2, 0.25) is 5.66 Å². The van der Waals surface area contributed by atoms with Crippen LogP contribution in [0.2, 0.25) is 0 Å². The average Bonchev–Trinajstić information content (AvgIpc) is 2.00. The van der Waals surface area contributed by atoms with Crippen LogP contribution in [0.1, 0.15) is 6.92 Å². The molecule has 8 heteroatoms. The van der Waals surface area contributed by atoms with Crippen LogP contribution in [0.15, 0.2) is 0 Å². The number of hydrogen-bond donors (Lipinski definition) is 0. The molecule has 0 radical (unpaired) electrons. The van der Waals surface area contributed by atoms with Crippen LogP contribution in [-0.2, 0) is 18.4 Å². The van der Waals surface area contributed by atoms with Crippen molar-refractivity contribution >= 4 is 13.4 Å². The third kappa shape index (κ3) is 2.80. The highest BCUT2D eigenvalue weighted by atomic mass is 31.2. The first-order valence-corrected chi connectivity index (χ1v) is 5.08. The molecule has 0 aliphatic heterocycles. The monoisotopic (exact) mass is 234 g/mol. The van der Waals surface area contributed by atoms with E-state index in [-0.39, 0.29) is 0 Å². The van der Waals surface area contributed by atoms with Crippen molar-refractivity contribution in [2.24, 2.45) is 0 Å². The maximum absolute atomic E-state index is 12.3. The van der Waals surface area contributed by atoms with Gasteiger partial charge in [-0.3, -0.25) is 9.36 Å². The second-order valence-electron chi connectivity index (χ2n) is 2.46. The maximum Gasteiger partial charge on any atom is 0.409 e. The Balaban J connectivity index is 5.22. The molecule has 0 rings (SSSR count). The van der Waals surface area contributed by atoms with Crippen molar-refractivity contribution in [1.29, 1.82) is 0 Å². The van der Waals surface area contributed by atoms with Gasteiger partial charge in [-0.25, -0.2) is 0 Å². The van der Waals surface area contributed by atoms with Crippen LogP contribution in [0.4, 0.5) is 13.2 Å². The molecule has 0 fully saturated rings. The Hall–Kier alpha value is -0.390. The Morgan fingerprint density at radius 2 is 1.64 bits per heavy atom. The van der Waals surface area contributed by atoms with Crippen LogP contribution in [0.25, 0.3) is 0 Å². The Bertz CT molecular complexity index is 254. The lowest BCUT2D eigenvalue weighted by Gasteiger charge is -2.23. The van der Waals surface area contributed by atoms with Gasteiger partial charge in [0.25, 0.3) is 0 Å². The second kappa shape index (κ2) is 4.42. The molecule has 0 bridgehead atoms. The number of carbonyl (C=O) groups is 1. The molecule has 0 aromatic carbocycles. The van der Waals surface area contributed by atoms with Crippen LogP contribution in [0.5, 0.6) is 0 Å². The van der Waals surface area contributed by atoms with Crippen LogP contribution in [0, 0.1) is 0 Å². The fourth-order valence-corrected chi connectivity index (χ4v) is 2.29. The lowest BCUT2D eigenvalue weighted by molar-refractivity contribution is -0.150. The number of alkyl halides is 3. The van der Waals surface area contributed by atoms with Crippen molar-refractivity contribution < 1.29 is 31.6 Å². The molecule has 0 N–H and O–H groups in total. The summed E-state index contributed by atoms with van der Waals surface area (Å²) in [5, 5.41) is 0. The third-order valence-corrected chi connectivity index (χ3v) is 3.83. The SMILES string of the molecule is COP(=O)(OC)C(C(C)=O)C(F)(F)F. The highest BCUT2D eigenvalue weighted by Crippen LogP contribution is 2.57. The van der Waals surface area contributed by atoms with Gasteiger partial charge in [0.15, 0.2) is 5.78 Å². The molecule has 0 heterocycles. The summed E-state index contributed by atoms with van der Waals surface area (Å²) in [4.78, 5) is 10.7. The van der Waals surface area contributed by atoms with Gasteiger partial charge in [0.05, 0.1) is 0 Å². The summed E-state index contributed by atoms with van der Waals surface area (Å²) in [6, 6.07) is 0. The number of ketones is 1. The highest BCUT2D eigenvalue weighted by Gasteiger charge is 2.56. The largest absolute Gasteiger partial charge is 0.409 e. The summed E-state index contributed by atoms with van der Waals surface area (Å²) in [6.45, 7) is 0.683. The normalized spacial score (nSPS) is 15.3. The van der Waals surface area contributed by atoms with E-state index in [4.69, 9.17) is 0 Å². The predicted octanol–water partition coefficient (Wildman–Crippen LogP) is 1.99. The number of rotatable bonds is 4. The first-order valence-electron chi connectivity index (χ1n) is 3.47. The van der Waals surface area contributed by atoms with E-state index in [0.29, 0.717) is 6.92 Å². The first kappa shape index (κ1) is 13.6. The van der Waals surface area contributed by atoms with E-state index in [2.05, 4.69) is 9.05 Å². The molecule has 0 aliphatic rings. The van der Waals surface area contributed by atoms with Gasteiger partial charge in [-0.05, 0) is 6.92 Å². The molecule has 0 saturated heterocycles. The fourth-order valence-electron chi connectivity index (χ4n) is 0.918. The van der Waals surface area contributed by atoms with E-state index in [1.807, 2.05) is 0 Å². The van der Waals surface area contributed by atoms with Crippen molar-refractivity contribution in [1.82, 2.24) is 0 Å². The number of Topliss-reactive ketones (excluding diaryl/α,β-unsaturated/α-hetero) is 1. The van der Waals surface area contributed by atoms with Gasteiger partial charge in [-0.15, -0.1) is 0 Å². The molecule has 14 heavy (non-hydrogen) atoms. The quantitative estimate of drug-likeness (QED) is 0.698. The summed E-state index contributed by atoms with van der Waals surface area (Å²) in [5.41, 5.74) is -2.72.